The fourth-order valence-corrected chi connectivity index (χ4v) is 12.1. The zero-order valence-electron chi connectivity index (χ0n) is 26.9. The van der Waals surface area contributed by atoms with Gasteiger partial charge < -0.3 is 29.9 Å². The molecule has 0 aromatic heterocycles. The molecule has 5 fully saturated rings. The Balaban J connectivity index is 1.30. The molecular formula is C35H56O7. The van der Waals surface area contributed by atoms with Crippen LogP contribution in [-0.2, 0) is 14.3 Å². The minimum Gasteiger partial charge on any atom is -0.481 e. The largest absolute Gasteiger partial charge is 0.481 e. The number of allylic oxidation sites excluding steroid dienone is 2. The molecule has 4 N–H and O–H groups in total. The van der Waals surface area contributed by atoms with Crippen LogP contribution in [0.3, 0.4) is 0 Å². The van der Waals surface area contributed by atoms with Crippen LogP contribution >= 0.6 is 0 Å². The van der Waals surface area contributed by atoms with Gasteiger partial charge in [-0.05, 0) is 109 Å². The number of hydrogen-bond acceptors (Lipinski definition) is 6. The summed E-state index contributed by atoms with van der Waals surface area (Å²) >= 11 is 0. The summed E-state index contributed by atoms with van der Waals surface area (Å²) in [5.74, 6) is 0.680. The first-order chi connectivity index (χ1) is 19.5. The summed E-state index contributed by atoms with van der Waals surface area (Å²) in [6, 6.07) is 0. The number of fused-ring (bicyclic) bond motifs is 7. The first kappa shape index (κ1) is 31.0. The van der Waals surface area contributed by atoms with Gasteiger partial charge in [0.15, 0.2) is 6.29 Å². The highest BCUT2D eigenvalue weighted by Crippen LogP contribution is 2.75. The molecule has 0 radical (unpaired) electrons. The topological polar surface area (TPSA) is 116 Å². The lowest BCUT2D eigenvalue weighted by Gasteiger charge is -2.71. The minimum atomic E-state index is -1.17. The number of carbonyl (C=O) groups is 1. The van der Waals surface area contributed by atoms with Gasteiger partial charge in [0.1, 0.15) is 18.3 Å². The Morgan fingerprint density at radius 1 is 0.881 bits per heavy atom. The Morgan fingerprint density at radius 2 is 1.57 bits per heavy atom. The minimum absolute atomic E-state index is 0.0478. The van der Waals surface area contributed by atoms with E-state index in [0.29, 0.717) is 11.8 Å². The quantitative estimate of drug-likeness (QED) is 0.318. The molecule has 13 atom stereocenters. The third kappa shape index (κ3) is 4.05. The standard InChI is InChI=1S/C35H56O7/c1-30(2)14-16-35(29(39)40)17-15-33(6)20(21(35)18-30)8-9-24-32(5)12-11-25(31(3,4)23(32)10-13-34(24,33)7)42-28-27(38)26(37)22(19-36)41-28/h8-9,20-28,36-38H,10-19H2,1-7H3,(H,39,40). The van der Waals surface area contributed by atoms with Crippen LogP contribution in [-0.4, -0.2) is 63.7 Å². The molecule has 0 aromatic carbocycles. The fraction of sp³-hybridized carbons (Fsp3) is 0.914. The van der Waals surface area contributed by atoms with Crippen LogP contribution in [0.5, 0.6) is 0 Å². The number of rotatable bonds is 4. The number of aliphatic hydroxyl groups is 3. The summed E-state index contributed by atoms with van der Waals surface area (Å²) in [5, 5.41) is 41.0. The maximum atomic E-state index is 12.9. The molecule has 238 valence electrons. The normalized spacial score (nSPS) is 54.3. The number of ether oxygens (including phenoxy) is 2. The number of carboxylic acids is 1. The average Bonchev–Trinajstić information content (AvgIpc) is 3.18. The van der Waals surface area contributed by atoms with Gasteiger partial charge in [-0.25, -0.2) is 0 Å². The molecule has 0 spiro atoms. The van der Waals surface area contributed by atoms with E-state index in [1.165, 1.54) is 0 Å². The van der Waals surface area contributed by atoms with Gasteiger partial charge in [-0.3, -0.25) is 4.79 Å². The van der Waals surface area contributed by atoms with Crippen molar-refractivity contribution in [2.24, 2.45) is 56.2 Å². The van der Waals surface area contributed by atoms with E-state index in [0.717, 1.165) is 57.8 Å². The Hall–Kier alpha value is -0.990. The monoisotopic (exact) mass is 588 g/mol. The van der Waals surface area contributed by atoms with Crippen molar-refractivity contribution in [2.75, 3.05) is 6.61 Å². The van der Waals surface area contributed by atoms with Gasteiger partial charge in [0, 0.05) is 0 Å². The maximum absolute atomic E-state index is 12.9. The lowest BCUT2D eigenvalue weighted by molar-refractivity contribution is -0.261. The lowest BCUT2D eigenvalue weighted by atomic mass is 9.33. The van der Waals surface area contributed by atoms with E-state index in [2.05, 4.69) is 60.6 Å². The zero-order chi connectivity index (χ0) is 30.7. The number of aliphatic carboxylic acids is 1. The van der Waals surface area contributed by atoms with Gasteiger partial charge in [0.05, 0.1) is 18.1 Å². The SMILES string of the molecule is CC1(C)CCC2(C(=O)O)CCC3(C)C(C=CC4C5(C)CCC(OC6OC(CO)C(O)C6O)C(C)(C)C5CCC43C)C2C1. The van der Waals surface area contributed by atoms with Gasteiger partial charge in [0.2, 0.25) is 0 Å². The number of carboxylic acid groups (broad SMARTS) is 1. The second-order valence-electron chi connectivity index (χ2n) is 17.4. The molecule has 0 bridgehead atoms. The molecule has 6 aliphatic rings. The second-order valence-corrected chi connectivity index (χ2v) is 17.4. The molecule has 0 amide bonds. The molecular weight excluding hydrogens is 532 g/mol. The first-order valence-electron chi connectivity index (χ1n) is 16.7. The van der Waals surface area contributed by atoms with E-state index in [9.17, 15) is 25.2 Å². The molecule has 7 nitrogen and oxygen atoms in total. The Bertz CT molecular complexity index is 1120. The van der Waals surface area contributed by atoms with Crippen LogP contribution in [0, 0.1) is 56.2 Å². The van der Waals surface area contributed by atoms with Crippen LogP contribution in [0.15, 0.2) is 12.2 Å². The summed E-state index contributed by atoms with van der Waals surface area (Å²) in [6.45, 7) is 16.4. The van der Waals surface area contributed by atoms with Gasteiger partial charge in [-0.15, -0.1) is 0 Å². The van der Waals surface area contributed by atoms with Gasteiger partial charge in [0.25, 0.3) is 0 Å². The van der Waals surface area contributed by atoms with Gasteiger partial charge >= 0.3 is 5.97 Å². The maximum Gasteiger partial charge on any atom is 0.309 e. The van der Waals surface area contributed by atoms with Crippen molar-refractivity contribution in [1.82, 2.24) is 0 Å². The van der Waals surface area contributed by atoms with Crippen molar-refractivity contribution in [3.05, 3.63) is 12.2 Å². The van der Waals surface area contributed by atoms with Crippen LogP contribution in [0.25, 0.3) is 0 Å². The highest BCUT2D eigenvalue weighted by atomic mass is 16.7. The summed E-state index contributed by atoms with van der Waals surface area (Å²) in [7, 11) is 0. The van der Waals surface area contributed by atoms with Crippen LogP contribution < -0.4 is 0 Å². The van der Waals surface area contributed by atoms with E-state index in [-0.39, 0.29) is 51.6 Å². The van der Waals surface area contributed by atoms with Crippen LogP contribution in [0.1, 0.15) is 106 Å². The predicted octanol–water partition coefficient (Wildman–Crippen LogP) is 5.55. The molecule has 1 aliphatic heterocycles. The van der Waals surface area contributed by atoms with Crippen molar-refractivity contribution in [2.45, 2.75) is 137 Å². The highest BCUT2D eigenvalue weighted by Gasteiger charge is 2.70. The predicted molar refractivity (Wildman–Crippen MR) is 159 cm³/mol. The average molecular weight is 589 g/mol. The van der Waals surface area contributed by atoms with E-state index < -0.39 is 36.0 Å². The molecule has 1 saturated heterocycles. The summed E-state index contributed by atoms with van der Waals surface area (Å²) in [5.41, 5.74) is -0.409. The summed E-state index contributed by atoms with van der Waals surface area (Å²) in [6.07, 6.45) is 9.35. The Morgan fingerprint density at radius 3 is 2.21 bits per heavy atom. The van der Waals surface area contributed by atoms with Crippen molar-refractivity contribution < 1.29 is 34.7 Å². The van der Waals surface area contributed by atoms with E-state index >= 15 is 0 Å². The van der Waals surface area contributed by atoms with Crippen molar-refractivity contribution in [1.29, 1.82) is 0 Å². The van der Waals surface area contributed by atoms with Crippen LogP contribution in [0.4, 0.5) is 0 Å². The highest BCUT2D eigenvalue weighted by molar-refractivity contribution is 5.75. The van der Waals surface area contributed by atoms with Crippen molar-refractivity contribution >= 4 is 5.97 Å². The van der Waals surface area contributed by atoms with E-state index in [1.807, 2.05) is 0 Å². The molecule has 6 rings (SSSR count). The third-order valence-corrected chi connectivity index (χ3v) is 14.8. The van der Waals surface area contributed by atoms with Crippen molar-refractivity contribution in [3.8, 4) is 0 Å². The second kappa shape index (κ2) is 9.75. The first-order valence-corrected chi connectivity index (χ1v) is 16.7. The molecule has 7 heteroatoms. The zero-order valence-corrected chi connectivity index (χ0v) is 26.9. The Labute approximate surface area is 252 Å². The van der Waals surface area contributed by atoms with Crippen LogP contribution in [0.2, 0.25) is 0 Å². The van der Waals surface area contributed by atoms with Gasteiger partial charge in [-0.2, -0.15) is 0 Å². The van der Waals surface area contributed by atoms with Crippen molar-refractivity contribution in [3.63, 3.8) is 0 Å². The molecule has 4 saturated carbocycles. The lowest BCUT2D eigenvalue weighted by Crippen LogP contribution is -2.66. The number of hydrogen-bond donors (Lipinski definition) is 4. The Kier molecular flexibility index (Phi) is 7.20. The summed E-state index contributed by atoms with van der Waals surface area (Å²) < 4.78 is 12.2. The molecule has 13 unspecified atom stereocenters. The van der Waals surface area contributed by atoms with E-state index in [4.69, 9.17) is 9.47 Å². The molecule has 0 aromatic rings. The fourth-order valence-electron chi connectivity index (χ4n) is 12.1. The smallest absolute Gasteiger partial charge is 0.309 e. The molecule has 5 aliphatic carbocycles. The van der Waals surface area contributed by atoms with E-state index in [1.54, 1.807) is 0 Å². The number of aliphatic hydroxyl groups excluding tert-OH is 3. The third-order valence-electron chi connectivity index (χ3n) is 14.8. The molecule has 1 heterocycles. The summed E-state index contributed by atoms with van der Waals surface area (Å²) in [4.78, 5) is 12.9. The van der Waals surface area contributed by atoms with Gasteiger partial charge in [-0.1, -0.05) is 60.6 Å². The molecule has 42 heavy (non-hydrogen) atoms.